The van der Waals surface area contributed by atoms with Gasteiger partial charge in [0.1, 0.15) is 5.82 Å². The van der Waals surface area contributed by atoms with Crippen molar-refractivity contribution < 1.29 is 4.39 Å². The molecule has 2 heteroatoms. The van der Waals surface area contributed by atoms with E-state index in [1.165, 1.54) is 12.1 Å². The van der Waals surface area contributed by atoms with Crippen LogP contribution in [0.5, 0.6) is 0 Å². The number of hydrogen-bond acceptors (Lipinski definition) is 1. The van der Waals surface area contributed by atoms with E-state index in [0.717, 1.165) is 23.2 Å². The van der Waals surface area contributed by atoms with Gasteiger partial charge in [0.15, 0.2) is 0 Å². The fourth-order valence-corrected chi connectivity index (χ4v) is 1.52. The minimum atomic E-state index is -0.209. The highest BCUT2D eigenvalue weighted by Gasteiger charge is 1.99. The molecule has 0 heterocycles. The highest BCUT2D eigenvalue weighted by molar-refractivity contribution is 5.48. The number of hydrogen-bond donors (Lipinski definition) is 1. The molecule has 76 valence electrons. The first-order valence-electron chi connectivity index (χ1n) is 4.83. The van der Waals surface area contributed by atoms with Crippen LogP contribution in [0.4, 0.5) is 10.1 Å². The molecule has 0 aliphatic carbocycles. The van der Waals surface area contributed by atoms with Gasteiger partial charge in [0.05, 0.1) is 0 Å². The van der Waals surface area contributed by atoms with E-state index in [1.54, 1.807) is 12.1 Å². The highest BCUT2D eigenvalue weighted by Crippen LogP contribution is 2.15. The Morgan fingerprint density at radius 1 is 0.933 bits per heavy atom. The molecule has 0 aliphatic rings. The van der Waals surface area contributed by atoms with E-state index < -0.39 is 0 Å². The zero-order chi connectivity index (χ0) is 10.7. The maximum Gasteiger partial charge on any atom is 0.123 e. The molecule has 0 amide bonds. The summed E-state index contributed by atoms with van der Waals surface area (Å²) in [6, 6.07) is 14.2. The quantitative estimate of drug-likeness (QED) is 0.742. The van der Waals surface area contributed by atoms with E-state index in [4.69, 9.17) is 5.73 Å². The van der Waals surface area contributed by atoms with Gasteiger partial charge in [-0.3, -0.25) is 0 Å². The molecule has 0 radical (unpaired) electrons. The molecular formula is C13H12FN. The van der Waals surface area contributed by atoms with Crippen molar-refractivity contribution in [2.45, 2.75) is 6.42 Å². The predicted molar refractivity (Wildman–Crippen MR) is 60.1 cm³/mol. The zero-order valence-electron chi connectivity index (χ0n) is 8.28. The summed E-state index contributed by atoms with van der Waals surface area (Å²) in [7, 11) is 0. The Bertz CT molecular complexity index is 448. The van der Waals surface area contributed by atoms with Crippen LogP contribution in [0.15, 0.2) is 48.5 Å². The fourth-order valence-electron chi connectivity index (χ4n) is 1.52. The fraction of sp³-hybridized carbons (Fsp3) is 0.0769. The Labute approximate surface area is 88.4 Å². The van der Waals surface area contributed by atoms with Gasteiger partial charge in [-0.15, -0.1) is 0 Å². The number of halogens is 1. The third-order valence-electron chi connectivity index (χ3n) is 2.36. The largest absolute Gasteiger partial charge is 0.398 e. The summed E-state index contributed by atoms with van der Waals surface area (Å²) in [4.78, 5) is 0. The molecule has 0 saturated carbocycles. The summed E-state index contributed by atoms with van der Waals surface area (Å²) in [6.07, 6.45) is 0.743. The molecule has 2 rings (SSSR count). The molecule has 0 aliphatic heterocycles. The number of nitrogens with two attached hydrogens (primary N) is 1. The van der Waals surface area contributed by atoms with Crippen LogP contribution in [0.25, 0.3) is 0 Å². The van der Waals surface area contributed by atoms with Gasteiger partial charge in [-0.2, -0.15) is 0 Å². The SMILES string of the molecule is Nc1ccccc1Cc1ccc(F)cc1. The normalized spacial score (nSPS) is 10.2. The summed E-state index contributed by atoms with van der Waals surface area (Å²) in [5.41, 5.74) is 8.74. The van der Waals surface area contributed by atoms with Crippen molar-refractivity contribution in [3.63, 3.8) is 0 Å². The Kier molecular flexibility index (Phi) is 2.68. The van der Waals surface area contributed by atoms with E-state index in [0.29, 0.717) is 0 Å². The Morgan fingerprint density at radius 2 is 1.60 bits per heavy atom. The molecule has 0 unspecified atom stereocenters. The van der Waals surface area contributed by atoms with Crippen LogP contribution in [-0.4, -0.2) is 0 Å². The third kappa shape index (κ3) is 2.34. The molecule has 0 bridgehead atoms. The van der Waals surface area contributed by atoms with E-state index in [9.17, 15) is 4.39 Å². The Morgan fingerprint density at radius 3 is 2.27 bits per heavy atom. The lowest BCUT2D eigenvalue weighted by Gasteiger charge is -2.04. The maximum atomic E-state index is 12.7. The molecular weight excluding hydrogens is 189 g/mol. The molecule has 2 N–H and O–H groups in total. The number of para-hydroxylation sites is 1. The molecule has 0 fully saturated rings. The average molecular weight is 201 g/mol. The minimum Gasteiger partial charge on any atom is -0.398 e. The second kappa shape index (κ2) is 4.13. The van der Waals surface area contributed by atoms with Crippen molar-refractivity contribution in [2.75, 3.05) is 5.73 Å². The van der Waals surface area contributed by atoms with Crippen LogP contribution in [0.2, 0.25) is 0 Å². The summed E-state index contributed by atoms with van der Waals surface area (Å²) in [6.45, 7) is 0. The van der Waals surface area contributed by atoms with Crippen molar-refractivity contribution >= 4 is 5.69 Å². The smallest absolute Gasteiger partial charge is 0.123 e. The van der Waals surface area contributed by atoms with Gasteiger partial charge in [0, 0.05) is 5.69 Å². The zero-order valence-corrected chi connectivity index (χ0v) is 8.28. The van der Waals surface area contributed by atoms with Crippen molar-refractivity contribution in [3.8, 4) is 0 Å². The van der Waals surface area contributed by atoms with Crippen molar-refractivity contribution in [1.29, 1.82) is 0 Å². The monoisotopic (exact) mass is 201 g/mol. The van der Waals surface area contributed by atoms with Gasteiger partial charge in [-0.05, 0) is 35.7 Å². The number of rotatable bonds is 2. The molecule has 15 heavy (non-hydrogen) atoms. The van der Waals surface area contributed by atoms with Gasteiger partial charge in [-0.1, -0.05) is 30.3 Å². The second-order valence-electron chi connectivity index (χ2n) is 3.50. The van der Waals surface area contributed by atoms with Crippen LogP contribution in [0.1, 0.15) is 11.1 Å². The van der Waals surface area contributed by atoms with Crippen LogP contribution in [0, 0.1) is 5.82 Å². The molecule has 0 saturated heterocycles. The molecule has 2 aromatic carbocycles. The number of benzene rings is 2. The first-order valence-corrected chi connectivity index (χ1v) is 4.83. The summed E-state index contributed by atoms with van der Waals surface area (Å²) < 4.78 is 12.7. The first kappa shape index (κ1) is 9.71. The van der Waals surface area contributed by atoms with Crippen LogP contribution < -0.4 is 5.73 Å². The average Bonchev–Trinajstić information content (AvgIpc) is 2.25. The highest BCUT2D eigenvalue weighted by atomic mass is 19.1. The number of nitrogen functional groups attached to an aromatic ring is 1. The van der Waals surface area contributed by atoms with E-state index in [1.807, 2.05) is 24.3 Å². The summed E-state index contributed by atoms with van der Waals surface area (Å²) in [5.74, 6) is -0.209. The van der Waals surface area contributed by atoms with Gasteiger partial charge in [-0.25, -0.2) is 4.39 Å². The van der Waals surface area contributed by atoms with Crippen molar-refractivity contribution in [3.05, 3.63) is 65.5 Å². The summed E-state index contributed by atoms with van der Waals surface area (Å²) in [5, 5.41) is 0. The lowest BCUT2D eigenvalue weighted by molar-refractivity contribution is 0.627. The molecule has 0 spiro atoms. The molecule has 0 aromatic heterocycles. The standard InChI is InChI=1S/C13H12FN/c14-12-7-5-10(6-8-12)9-11-3-1-2-4-13(11)15/h1-8H,9,15H2. The Hall–Kier alpha value is -1.83. The van der Waals surface area contributed by atoms with E-state index >= 15 is 0 Å². The van der Waals surface area contributed by atoms with Crippen molar-refractivity contribution in [2.24, 2.45) is 0 Å². The van der Waals surface area contributed by atoms with Gasteiger partial charge in [0.25, 0.3) is 0 Å². The van der Waals surface area contributed by atoms with Crippen molar-refractivity contribution in [1.82, 2.24) is 0 Å². The first-order chi connectivity index (χ1) is 7.25. The lowest BCUT2D eigenvalue weighted by atomic mass is 10.0. The van der Waals surface area contributed by atoms with Gasteiger partial charge < -0.3 is 5.73 Å². The topological polar surface area (TPSA) is 26.0 Å². The predicted octanol–water partition coefficient (Wildman–Crippen LogP) is 3.00. The molecule has 0 atom stereocenters. The van der Waals surface area contributed by atoms with Crippen LogP contribution in [-0.2, 0) is 6.42 Å². The van der Waals surface area contributed by atoms with E-state index in [2.05, 4.69) is 0 Å². The molecule has 1 nitrogen and oxygen atoms in total. The van der Waals surface area contributed by atoms with E-state index in [-0.39, 0.29) is 5.82 Å². The minimum absolute atomic E-state index is 0.209. The van der Waals surface area contributed by atoms with Gasteiger partial charge >= 0.3 is 0 Å². The van der Waals surface area contributed by atoms with Crippen LogP contribution in [0.3, 0.4) is 0 Å². The lowest BCUT2D eigenvalue weighted by Crippen LogP contribution is -1.95. The third-order valence-corrected chi connectivity index (χ3v) is 2.36. The summed E-state index contributed by atoms with van der Waals surface area (Å²) >= 11 is 0. The molecule has 2 aromatic rings. The maximum absolute atomic E-state index is 12.7. The second-order valence-corrected chi connectivity index (χ2v) is 3.50. The Balaban J connectivity index is 2.22. The number of anilines is 1. The van der Waals surface area contributed by atoms with Gasteiger partial charge in [0.2, 0.25) is 0 Å². The van der Waals surface area contributed by atoms with Crippen LogP contribution >= 0.6 is 0 Å².